The second-order valence-corrected chi connectivity index (χ2v) is 6.87. The Morgan fingerprint density at radius 3 is 2.72 bits per heavy atom. The number of nitrogens with zero attached hydrogens (tertiary/aromatic N) is 2. The van der Waals surface area contributed by atoms with Crippen molar-refractivity contribution in [2.75, 3.05) is 0 Å². The Kier molecular flexibility index (Phi) is 4.11. The van der Waals surface area contributed by atoms with Crippen molar-refractivity contribution in [2.45, 2.75) is 6.54 Å². The van der Waals surface area contributed by atoms with E-state index in [1.165, 1.54) is 34.4 Å². The number of halogens is 2. The minimum Gasteiger partial charge on any atom is -0.294 e. The molecule has 2 heterocycles. The van der Waals surface area contributed by atoms with Crippen molar-refractivity contribution in [3.8, 4) is 11.1 Å². The number of aromatic nitrogens is 2. The Bertz CT molecular complexity index is 1120. The molecule has 0 atom stereocenters. The first kappa shape index (κ1) is 16.0. The van der Waals surface area contributed by atoms with Gasteiger partial charge in [-0.25, -0.2) is 9.37 Å². The highest BCUT2D eigenvalue weighted by Gasteiger charge is 2.14. The zero-order chi connectivity index (χ0) is 17.4. The summed E-state index contributed by atoms with van der Waals surface area (Å²) in [6, 6.07) is 13.9. The van der Waals surface area contributed by atoms with E-state index in [1.807, 2.05) is 35.7 Å². The van der Waals surface area contributed by atoms with Crippen LogP contribution in [-0.4, -0.2) is 9.55 Å². The van der Waals surface area contributed by atoms with Gasteiger partial charge in [-0.2, -0.15) is 0 Å². The van der Waals surface area contributed by atoms with Crippen molar-refractivity contribution in [2.24, 2.45) is 0 Å². The minimum atomic E-state index is -0.404. The van der Waals surface area contributed by atoms with Crippen molar-refractivity contribution in [3.63, 3.8) is 0 Å². The fraction of sp³-hybridized carbons (Fsp3) is 0.0526. The van der Waals surface area contributed by atoms with Gasteiger partial charge in [-0.3, -0.25) is 9.36 Å². The van der Waals surface area contributed by atoms with E-state index in [0.29, 0.717) is 20.8 Å². The third kappa shape index (κ3) is 2.97. The molecule has 25 heavy (non-hydrogen) atoms. The Hall–Kier alpha value is -2.50. The molecule has 6 heteroatoms. The lowest BCUT2D eigenvalue weighted by atomic mass is 10.1. The van der Waals surface area contributed by atoms with Gasteiger partial charge < -0.3 is 0 Å². The molecule has 0 amide bonds. The van der Waals surface area contributed by atoms with E-state index >= 15 is 0 Å². The van der Waals surface area contributed by atoms with Crippen molar-refractivity contribution in [1.29, 1.82) is 0 Å². The molecule has 2 aromatic carbocycles. The van der Waals surface area contributed by atoms with E-state index < -0.39 is 5.82 Å². The van der Waals surface area contributed by atoms with Gasteiger partial charge in [-0.05, 0) is 23.3 Å². The van der Waals surface area contributed by atoms with Crippen LogP contribution < -0.4 is 5.56 Å². The van der Waals surface area contributed by atoms with Gasteiger partial charge in [0.25, 0.3) is 5.56 Å². The highest BCUT2D eigenvalue weighted by molar-refractivity contribution is 7.17. The van der Waals surface area contributed by atoms with E-state index in [4.69, 9.17) is 11.6 Å². The summed E-state index contributed by atoms with van der Waals surface area (Å²) in [6.07, 6.45) is 1.51. The van der Waals surface area contributed by atoms with Crippen LogP contribution >= 0.6 is 22.9 Å². The van der Waals surface area contributed by atoms with E-state index in [-0.39, 0.29) is 12.1 Å². The van der Waals surface area contributed by atoms with E-state index in [2.05, 4.69) is 4.98 Å². The molecule has 0 aliphatic heterocycles. The first-order valence-electron chi connectivity index (χ1n) is 7.59. The quantitative estimate of drug-likeness (QED) is 0.510. The fourth-order valence-electron chi connectivity index (χ4n) is 2.74. The van der Waals surface area contributed by atoms with Gasteiger partial charge in [-0.1, -0.05) is 48.0 Å². The van der Waals surface area contributed by atoms with Crippen molar-refractivity contribution in [1.82, 2.24) is 9.55 Å². The monoisotopic (exact) mass is 370 g/mol. The van der Waals surface area contributed by atoms with Crippen LogP contribution in [0.15, 0.2) is 65.0 Å². The normalized spacial score (nSPS) is 11.1. The van der Waals surface area contributed by atoms with Gasteiger partial charge in [0, 0.05) is 16.0 Å². The van der Waals surface area contributed by atoms with Crippen LogP contribution in [0.4, 0.5) is 4.39 Å². The summed E-state index contributed by atoms with van der Waals surface area (Å²) >= 11 is 7.53. The molecule has 0 aliphatic rings. The standard InChI is InChI=1S/C19H12ClFN2OS/c20-16-8-14(21)7-6-13(16)9-23-11-22-18-17(19(23)24)15(10-25-18)12-4-2-1-3-5-12/h1-8,10-11H,9H2. The lowest BCUT2D eigenvalue weighted by molar-refractivity contribution is 0.626. The molecule has 0 saturated heterocycles. The maximum atomic E-state index is 13.2. The minimum absolute atomic E-state index is 0.134. The second kappa shape index (κ2) is 6.43. The maximum Gasteiger partial charge on any atom is 0.263 e. The van der Waals surface area contributed by atoms with Crippen molar-refractivity contribution in [3.05, 3.63) is 87.0 Å². The molecule has 2 aromatic heterocycles. The molecule has 0 spiro atoms. The summed E-state index contributed by atoms with van der Waals surface area (Å²) in [6.45, 7) is 0.241. The Labute approximate surface area is 152 Å². The molecule has 124 valence electrons. The predicted octanol–water partition coefficient (Wildman–Crippen LogP) is 4.97. The van der Waals surface area contributed by atoms with Crippen LogP contribution in [0.5, 0.6) is 0 Å². The van der Waals surface area contributed by atoms with Gasteiger partial charge in [0.2, 0.25) is 0 Å². The number of benzene rings is 2. The van der Waals surface area contributed by atoms with E-state index in [1.54, 1.807) is 6.07 Å². The Morgan fingerprint density at radius 2 is 1.96 bits per heavy atom. The smallest absolute Gasteiger partial charge is 0.263 e. The molecule has 0 unspecified atom stereocenters. The van der Waals surface area contributed by atoms with Gasteiger partial charge >= 0.3 is 0 Å². The number of hydrogen-bond acceptors (Lipinski definition) is 3. The highest BCUT2D eigenvalue weighted by Crippen LogP contribution is 2.30. The number of thiophene rings is 1. The summed E-state index contributed by atoms with van der Waals surface area (Å²) in [7, 11) is 0. The van der Waals surface area contributed by atoms with Gasteiger partial charge in [0.05, 0.1) is 18.3 Å². The largest absolute Gasteiger partial charge is 0.294 e. The molecule has 4 aromatic rings. The van der Waals surface area contributed by atoms with Gasteiger partial charge in [-0.15, -0.1) is 11.3 Å². The molecule has 0 fully saturated rings. The van der Waals surface area contributed by atoms with Crippen LogP contribution in [0.3, 0.4) is 0 Å². The SMILES string of the molecule is O=c1c2c(-c3ccccc3)csc2ncn1Cc1ccc(F)cc1Cl. The molecular weight excluding hydrogens is 359 g/mol. The van der Waals surface area contributed by atoms with Crippen LogP contribution in [0, 0.1) is 5.82 Å². The lowest BCUT2D eigenvalue weighted by Crippen LogP contribution is -2.21. The third-order valence-electron chi connectivity index (χ3n) is 4.00. The van der Waals surface area contributed by atoms with Gasteiger partial charge in [0.1, 0.15) is 10.6 Å². The zero-order valence-corrected chi connectivity index (χ0v) is 14.5. The molecule has 0 N–H and O–H groups in total. The Morgan fingerprint density at radius 1 is 1.16 bits per heavy atom. The molecule has 0 bridgehead atoms. The van der Waals surface area contributed by atoms with Crippen molar-refractivity contribution >= 4 is 33.2 Å². The average molecular weight is 371 g/mol. The molecular formula is C19H12ClFN2OS. The average Bonchev–Trinajstić information content (AvgIpc) is 3.05. The maximum absolute atomic E-state index is 13.2. The van der Waals surface area contributed by atoms with Crippen LogP contribution in [0.25, 0.3) is 21.3 Å². The highest BCUT2D eigenvalue weighted by atomic mass is 35.5. The third-order valence-corrected chi connectivity index (χ3v) is 5.24. The molecule has 0 aliphatic carbocycles. The first-order valence-corrected chi connectivity index (χ1v) is 8.85. The van der Waals surface area contributed by atoms with Crippen molar-refractivity contribution < 1.29 is 4.39 Å². The first-order chi connectivity index (χ1) is 12.1. The number of hydrogen-bond donors (Lipinski definition) is 0. The summed E-state index contributed by atoms with van der Waals surface area (Å²) in [5.74, 6) is -0.404. The molecule has 0 radical (unpaired) electrons. The number of rotatable bonds is 3. The number of fused-ring (bicyclic) bond motifs is 1. The summed E-state index contributed by atoms with van der Waals surface area (Å²) in [5.41, 5.74) is 2.39. The van der Waals surface area contributed by atoms with Gasteiger partial charge in [0.15, 0.2) is 0 Å². The van der Waals surface area contributed by atoms with E-state index in [9.17, 15) is 9.18 Å². The molecule has 4 rings (SSSR count). The van der Waals surface area contributed by atoms with Crippen LogP contribution in [-0.2, 0) is 6.54 Å². The summed E-state index contributed by atoms with van der Waals surface area (Å²) < 4.78 is 14.7. The topological polar surface area (TPSA) is 34.9 Å². The molecule has 3 nitrogen and oxygen atoms in total. The lowest BCUT2D eigenvalue weighted by Gasteiger charge is -2.08. The van der Waals surface area contributed by atoms with E-state index in [0.717, 1.165) is 11.1 Å². The van der Waals surface area contributed by atoms with Crippen LogP contribution in [0.1, 0.15) is 5.56 Å². The molecule has 0 saturated carbocycles. The zero-order valence-electron chi connectivity index (χ0n) is 12.9. The Balaban J connectivity index is 1.84. The fourth-order valence-corrected chi connectivity index (χ4v) is 3.88. The predicted molar refractivity (Wildman–Crippen MR) is 99.8 cm³/mol. The second-order valence-electron chi connectivity index (χ2n) is 5.61. The summed E-state index contributed by atoms with van der Waals surface area (Å²) in [5, 5.41) is 2.83. The van der Waals surface area contributed by atoms with Crippen LogP contribution in [0.2, 0.25) is 5.02 Å². The summed E-state index contributed by atoms with van der Waals surface area (Å²) in [4.78, 5) is 18.1.